The highest BCUT2D eigenvalue weighted by Gasteiger charge is 2.27. The minimum absolute atomic E-state index is 0.347. The minimum Gasteiger partial charge on any atom is -0.444 e. The van der Waals surface area contributed by atoms with Gasteiger partial charge in [-0.2, -0.15) is 0 Å². The topological polar surface area (TPSA) is 67.4 Å². The Labute approximate surface area is 131 Å². The summed E-state index contributed by atoms with van der Waals surface area (Å²) >= 11 is 0. The molecule has 0 spiro atoms. The van der Waals surface area contributed by atoms with Crippen molar-refractivity contribution in [2.75, 3.05) is 24.6 Å². The fourth-order valence-electron chi connectivity index (χ4n) is 2.58. The SMILES string of the molecule is CCS(=O)CCNC1CCCC1CNC(=O)OC(C)(C)C. The number of carbonyl (C=O) groups is 1. The van der Waals surface area contributed by atoms with Crippen LogP contribution in [-0.4, -0.2) is 46.5 Å². The van der Waals surface area contributed by atoms with Gasteiger partial charge in [-0.15, -0.1) is 0 Å². The molecule has 0 heterocycles. The quantitative estimate of drug-likeness (QED) is 0.754. The number of amides is 1. The van der Waals surface area contributed by atoms with Gasteiger partial charge in [0.2, 0.25) is 0 Å². The Morgan fingerprint density at radius 3 is 2.67 bits per heavy atom. The van der Waals surface area contributed by atoms with E-state index in [2.05, 4.69) is 10.6 Å². The predicted molar refractivity (Wildman–Crippen MR) is 86.9 cm³/mol. The summed E-state index contributed by atoms with van der Waals surface area (Å²) in [6, 6.07) is 0.411. The summed E-state index contributed by atoms with van der Waals surface area (Å²) in [5.74, 6) is 1.86. The molecule has 124 valence electrons. The third kappa shape index (κ3) is 7.81. The second kappa shape index (κ2) is 8.73. The first-order chi connectivity index (χ1) is 9.81. The van der Waals surface area contributed by atoms with E-state index in [9.17, 15) is 9.00 Å². The molecule has 0 aliphatic heterocycles. The van der Waals surface area contributed by atoms with Gasteiger partial charge in [0.1, 0.15) is 5.60 Å². The van der Waals surface area contributed by atoms with Crippen LogP contribution in [0.15, 0.2) is 0 Å². The zero-order chi connectivity index (χ0) is 15.9. The third-order valence-electron chi connectivity index (χ3n) is 3.62. The Balaban J connectivity index is 2.27. The second-order valence-electron chi connectivity index (χ2n) is 6.57. The van der Waals surface area contributed by atoms with Crippen LogP contribution in [0.25, 0.3) is 0 Å². The molecule has 0 aromatic rings. The van der Waals surface area contributed by atoms with Crippen LogP contribution in [0.1, 0.15) is 47.0 Å². The van der Waals surface area contributed by atoms with Crippen molar-refractivity contribution >= 4 is 16.9 Å². The maximum atomic E-state index is 11.7. The van der Waals surface area contributed by atoms with Crippen LogP contribution in [0.2, 0.25) is 0 Å². The predicted octanol–water partition coefficient (Wildman–Crippen LogP) is 2.04. The van der Waals surface area contributed by atoms with Gasteiger partial charge >= 0.3 is 6.09 Å². The Bertz CT molecular complexity index is 355. The summed E-state index contributed by atoms with van der Waals surface area (Å²) in [6.07, 6.45) is 3.07. The maximum absolute atomic E-state index is 11.7. The maximum Gasteiger partial charge on any atom is 0.407 e. The molecular weight excluding hydrogens is 288 g/mol. The molecule has 0 aromatic heterocycles. The molecule has 1 aliphatic carbocycles. The Hall–Kier alpha value is -0.620. The molecule has 1 aliphatic rings. The molecule has 1 saturated carbocycles. The third-order valence-corrected chi connectivity index (χ3v) is 4.93. The summed E-state index contributed by atoms with van der Waals surface area (Å²) in [5, 5.41) is 6.34. The lowest BCUT2D eigenvalue weighted by Crippen LogP contribution is -2.42. The summed E-state index contributed by atoms with van der Waals surface area (Å²) < 4.78 is 16.7. The minimum atomic E-state index is -0.713. The van der Waals surface area contributed by atoms with Crippen molar-refractivity contribution in [2.45, 2.75) is 58.6 Å². The molecule has 1 amide bonds. The van der Waals surface area contributed by atoms with Crippen molar-refractivity contribution in [3.8, 4) is 0 Å². The van der Waals surface area contributed by atoms with E-state index in [0.717, 1.165) is 25.1 Å². The van der Waals surface area contributed by atoms with E-state index in [1.54, 1.807) is 0 Å². The van der Waals surface area contributed by atoms with Gasteiger partial charge in [0, 0.05) is 41.4 Å². The summed E-state index contributed by atoms with van der Waals surface area (Å²) in [6.45, 7) is 8.96. The van der Waals surface area contributed by atoms with Crippen molar-refractivity contribution in [1.29, 1.82) is 0 Å². The molecule has 21 heavy (non-hydrogen) atoms. The average molecular weight is 318 g/mol. The van der Waals surface area contributed by atoms with Crippen molar-refractivity contribution in [3.05, 3.63) is 0 Å². The summed E-state index contributed by atoms with van der Waals surface area (Å²) in [7, 11) is -0.713. The van der Waals surface area contributed by atoms with Gasteiger partial charge in [-0.25, -0.2) is 4.79 Å². The van der Waals surface area contributed by atoms with Gasteiger partial charge in [-0.05, 0) is 39.5 Å². The van der Waals surface area contributed by atoms with Gasteiger partial charge < -0.3 is 15.4 Å². The van der Waals surface area contributed by atoms with E-state index < -0.39 is 16.4 Å². The zero-order valence-electron chi connectivity index (χ0n) is 13.7. The highest BCUT2D eigenvalue weighted by atomic mass is 32.2. The fourth-order valence-corrected chi connectivity index (χ4v) is 3.22. The summed E-state index contributed by atoms with van der Waals surface area (Å²) in [4.78, 5) is 11.7. The van der Waals surface area contributed by atoms with Crippen molar-refractivity contribution in [3.63, 3.8) is 0 Å². The van der Waals surface area contributed by atoms with Crippen LogP contribution in [0.3, 0.4) is 0 Å². The van der Waals surface area contributed by atoms with Gasteiger partial charge in [-0.1, -0.05) is 13.3 Å². The smallest absolute Gasteiger partial charge is 0.407 e. The van der Waals surface area contributed by atoms with Gasteiger partial charge in [0.15, 0.2) is 0 Å². The number of hydrogen-bond acceptors (Lipinski definition) is 4. The lowest BCUT2D eigenvalue weighted by Gasteiger charge is -2.23. The molecule has 0 aromatic carbocycles. The highest BCUT2D eigenvalue weighted by molar-refractivity contribution is 7.84. The first kappa shape index (κ1) is 18.4. The van der Waals surface area contributed by atoms with E-state index in [1.165, 1.54) is 6.42 Å². The number of rotatable bonds is 7. The van der Waals surface area contributed by atoms with Crippen LogP contribution in [0.4, 0.5) is 4.79 Å². The molecule has 0 bridgehead atoms. The first-order valence-electron chi connectivity index (χ1n) is 7.87. The van der Waals surface area contributed by atoms with Crippen LogP contribution < -0.4 is 10.6 Å². The molecule has 2 N–H and O–H groups in total. The Morgan fingerprint density at radius 2 is 2.05 bits per heavy atom. The highest BCUT2D eigenvalue weighted by Crippen LogP contribution is 2.25. The van der Waals surface area contributed by atoms with Gasteiger partial charge in [0.25, 0.3) is 0 Å². The molecule has 1 fully saturated rings. The van der Waals surface area contributed by atoms with Crippen LogP contribution in [-0.2, 0) is 15.5 Å². The average Bonchev–Trinajstić information content (AvgIpc) is 2.81. The van der Waals surface area contributed by atoms with Crippen LogP contribution in [0.5, 0.6) is 0 Å². The molecule has 6 heteroatoms. The number of hydrogen-bond donors (Lipinski definition) is 2. The first-order valence-corrected chi connectivity index (χ1v) is 9.36. The van der Waals surface area contributed by atoms with E-state index in [4.69, 9.17) is 4.74 Å². The van der Waals surface area contributed by atoms with Gasteiger partial charge in [0.05, 0.1) is 0 Å². The number of alkyl carbamates (subject to hydrolysis) is 1. The van der Waals surface area contributed by atoms with E-state index in [1.807, 2.05) is 27.7 Å². The van der Waals surface area contributed by atoms with Crippen LogP contribution >= 0.6 is 0 Å². The molecule has 0 saturated heterocycles. The number of nitrogens with one attached hydrogen (secondary N) is 2. The Morgan fingerprint density at radius 1 is 1.33 bits per heavy atom. The van der Waals surface area contributed by atoms with Crippen molar-refractivity contribution in [2.24, 2.45) is 5.92 Å². The molecular formula is C15H30N2O3S. The standard InChI is InChI=1S/C15H30N2O3S/c1-5-21(19)10-9-16-13-8-6-7-12(13)11-17-14(18)20-15(2,3)4/h12-13,16H,5-11H2,1-4H3,(H,17,18). The molecule has 0 radical (unpaired) electrons. The van der Waals surface area contributed by atoms with E-state index >= 15 is 0 Å². The van der Waals surface area contributed by atoms with Crippen molar-refractivity contribution < 1.29 is 13.7 Å². The molecule has 3 unspecified atom stereocenters. The van der Waals surface area contributed by atoms with Crippen molar-refractivity contribution in [1.82, 2.24) is 10.6 Å². The lowest BCUT2D eigenvalue weighted by atomic mass is 10.0. The lowest BCUT2D eigenvalue weighted by molar-refractivity contribution is 0.0517. The normalized spacial score (nSPS) is 23.8. The van der Waals surface area contributed by atoms with Crippen LogP contribution in [0, 0.1) is 5.92 Å². The number of carbonyl (C=O) groups excluding carboxylic acids is 1. The molecule has 5 nitrogen and oxygen atoms in total. The molecule has 3 atom stereocenters. The van der Waals surface area contributed by atoms with E-state index in [-0.39, 0.29) is 6.09 Å². The molecule has 1 rings (SSSR count). The Kier molecular flexibility index (Phi) is 7.66. The summed E-state index contributed by atoms with van der Waals surface area (Å²) in [5.41, 5.74) is -0.457. The largest absolute Gasteiger partial charge is 0.444 e. The van der Waals surface area contributed by atoms with E-state index in [0.29, 0.717) is 24.3 Å². The second-order valence-corrected chi connectivity index (χ2v) is 8.43. The fraction of sp³-hybridized carbons (Fsp3) is 0.933. The number of ether oxygens (including phenoxy) is 1. The van der Waals surface area contributed by atoms with Gasteiger partial charge in [-0.3, -0.25) is 4.21 Å². The zero-order valence-corrected chi connectivity index (χ0v) is 14.6. The monoisotopic (exact) mass is 318 g/mol.